The van der Waals surface area contributed by atoms with E-state index in [2.05, 4.69) is 11.4 Å². The van der Waals surface area contributed by atoms with Crippen molar-refractivity contribution in [1.29, 1.82) is 0 Å². The van der Waals surface area contributed by atoms with Crippen molar-refractivity contribution in [3.05, 3.63) is 47.3 Å². The zero-order chi connectivity index (χ0) is 12.3. The molecule has 0 fully saturated rings. The third-order valence-electron chi connectivity index (χ3n) is 3.21. The molecule has 2 N–H and O–H groups in total. The highest BCUT2D eigenvalue weighted by molar-refractivity contribution is 5.23. The van der Waals surface area contributed by atoms with Crippen LogP contribution >= 0.6 is 0 Å². The lowest BCUT2D eigenvalue weighted by Gasteiger charge is -2.12. The fourth-order valence-electron chi connectivity index (χ4n) is 2.06. The lowest BCUT2D eigenvalue weighted by Crippen LogP contribution is -2.26. The Morgan fingerprint density at radius 2 is 2.24 bits per heavy atom. The highest BCUT2D eigenvalue weighted by atomic mass is 19.1. The van der Waals surface area contributed by atoms with Crippen LogP contribution in [0.4, 0.5) is 4.39 Å². The van der Waals surface area contributed by atoms with Crippen LogP contribution in [0.3, 0.4) is 0 Å². The summed E-state index contributed by atoms with van der Waals surface area (Å²) in [6, 6.07) is 5.60. The highest BCUT2D eigenvalue weighted by Gasteiger charge is 2.17. The molecule has 0 saturated carbocycles. The molecule has 0 aliphatic heterocycles. The summed E-state index contributed by atoms with van der Waals surface area (Å²) in [4.78, 5) is 0. The normalized spacial score (nSPS) is 23.2. The van der Waals surface area contributed by atoms with Crippen LogP contribution in [0.2, 0.25) is 0 Å². The van der Waals surface area contributed by atoms with Crippen LogP contribution in [0.15, 0.2) is 30.4 Å². The second-order valence-electron chi connectivity index (χ2n) is 4.63. The van der Waals surface area contributed by atoms with Gasteiger partial charge in [0.25, 0.3) is 0 Å². The number of halogens is 1. The molecule has 2 nitrogen and oxygen atoms in total. The van der Waals surface area contributed by atoms with Gasteiger partial charge in [-0.2, -0.15) is 0 Å². The zero-order valence-electron chi connectivity index (χ0n) is 9.99. The average Bonchev–Trinajstić information content (AvgIpc) is 2.79. The van der Waals surface area contributed by atoms with E-state index in [1.807, 2.05) is 12.1 Å². The molecular formula is C14H18FNO. The Balaban J connectivity index is 1.86. The van der Waals surface area contributed by atoms with Crippen molar-refractivity contribution in [2.75, 3.05) is 6.61 Å². The number of benzene rings is 1. The second-order valence-corrected chi connectivity index (χ2v) is 4.63. The Kier molecular flexibility index (Phi) is 3.92. The molecule has 0 aromatic heterocycles. The minimum absolute atomic E-state index is 0.153. The summed E-state index contributed by atoms with van der Waals surface area (Å²) in [5, 5.41) is 12.4. The first kappa shape index (κ1) is 12.3. The first-order valence-corrected chi connectivity index (χ1v) is 5.96. The van der Waals surface area contributed by atoms with Crippen molar-refractivity contribution in [3.63, 3.8) is 0 Å². The number of aryl methyl sites for hydroxylation is 1. The van der Waals surface area contributed by atoms with Crippen LogP contribution in [-0.4, -0.2) is 17.8 Å². The first-order chi connectivity index (χ1) is 8.19. The Labute approximate surface area is 101 Å². The van der Waals surface area contributed by atoms with Crippen LogP contribution in [0.1, 0.15) is 17.5 Å². The van der Waals surface area contributed by atoms with Gasteiger partial charge in [0.2, 0.25) is 0 Å². The van der Waals surface area contributed by atoms with Gasteiger partial charge < -0.3 is 10.4 Å². The van der Waals surface area contributed by atoms with Gasteiger partial charge in [0.1, 0.15) is 5.82 Å². The molecule has 1 aliphatic carbocycles. The summed E-state index contributed by atoms with van der Waals surface area (Å²) in [6.07, 6.45) is 5.03. The SMILES string of the molecule is Cc1ccc(CN[C@@H]2C=C[C@H](CO)C2)cc1F. The van der Waals surface area contributed by atoms with E-state index in [0.717, 1.165) is 12.0 Å². The molecule has 0 unspecified atom stereocenters. The number of aliphatic hydroxyl groups is 1. The molecule has 0 heterocycles. The van der Waals surface area contributed by atoms with E-state index in [0.29, 0.717) is 12.1 Å². The van der Waals surface area contributed by atoms with Gasteiger partial charge >= 0.3 is 0 Å². The summed E-state index contributed by atoms with van der Waals surface area (Å²) in [6.45, 7) is 2.62. The van der Waals surface area contributed by atoms with E-state index in [9.17, 15) is 4.39 Å². The number of rotatable bonds is 4. The summed E-state index contributed by atoms with van der Waals surface area (Å²) in [5.41, 5.74) is 1.63. The lowest BCUT2D eigenvalue weighted by atomic mass is 10.1. The van der Waals surface area contributed by atoms with E-state index in [1.165, 1.54) is 0 Å². The topological polar surface area (TPSA) is 32.3 Å². The molecule has 3 heteroatoms. The molecule has 0 amide bonds. The average molecular weight is 235 g/mol. The van der Waals surface area contributed by atoms with Crippen LogP contribution < -0.4 is 5.32 Å². The Morgan fingerprint density at radius 3 is 2.88 bits per heavy atom. The minimum Gasteiger partial charge on any atom is -0.396 e. The van der Waals surface area contributed by atoms with Gasteiger partial charge in [0.15, 0.2) is 0 Å². The molecule has 1 aromatic rings. The van der Waals surface area contributed by atoms with E-state index < -0.39 is 0 Å². The summed E-state index contributed by atoms with van der Waals surface area (Å²) < 4.78 is 13.3. The largest absolute Gasteiger partial charge is 0.396 e. The predicted molar refractivity (Wildman–Crippen MR) is 66.1 cm³/mol. The van der Waals surface area contributed by atoms with Crippen molar-refractivity contribution < 1.29 is 9.50 Å². The summed E-state index contributed by atoms with van der Waals surface area (Å²) >= 11 is 0. The Bertz CT molecular complexity index is 417. The maximum Gasteiger partial charge on any atom is 0.126 e. The van der Waals surface area contributed by atoms with E-state index >= 15 is 0 Å². The second kappa shape index (κ2) is 5.43. The standard InChI is InChI=1S/C14H18FNO/c1-10-2-3-11(7-14(10)15)8-16-13-5-4-12(6-13)9-17/h2-5,7,12-13,16-17H,6,8-9H2,1H3/t12-,13+/m0/s1. The van der Waals surface area contributed by atoms with E-state index in [4.69, 9.17) is 5.11 Å². The molecular weight excluding hydrogens is 217 g/mol. The molecule has 2 rings (SSSR count). The third kappa shape index (κ3) is 3.14. The smallest absolute Gasteiger partial charge is 0.126 e. The number of hydrogen-bond donors (Lipinski definition) is 2. The highest BCUT2D eigenvalue weighted by Crippen LogP contribution is 2.17. The van der Waals surface area contributed by atoms with Crippen molar-refractivity contribution in [2.45, 2.75) is 25.9 Å². The van der Waals surface area contributed by atoms with Gasteiger partial charge in [-0.15, -0.1) is 0 Å². The third-order valence-corrected chi connectivity index (χ3v) is 3.21. The molecule has 0 bridgehead atoms. The van der Waals surface area contributed by atoms with Gasteiger partial charge in [-0.05, 0) is 30.5 Å². The molecule has 17 heavy (non-hydrogen) atoms. The van der Waals surface area contributed by atoms with Gasteiger partial charge in [-0.1, -0.05) is 24.3 Å². The van der Waals surface area contributed by atoms with Gasteiger partial charge in [-0.3, -0.25) is 0 Å². The summed E-state index contributed by atoms with van der Waals surface area (Å²) in [7, 11) is 0. The summed E-state index contributed by atoms with van der Waals surface area (Å²) in [5.74, 6) is 0.113. The fraction of sp³-hybridized carbons (Fsp3) is 0.429. The molecule has 1 aromatic carbocycles. The van der Waals surface area contributed by atoms with Gasteiger partial charge in [0, 0.05) is 25.1 Å². The fourth-order valence-corrected chi connectivity index (χ4v) is 2.06. The molecule has 0 radical (unpaired) electrons. The quantitative estimate of drug-likeness (QED) is 0.784. The van der Waals surface area contributed by atoms with Gasteiger partial charge in [-0.25, -0.2) is 4.39 Å². The van der Waals surface area contributed by atoms with E-state index in [1.54, 1.807) is 19.1 Å². The molecule has 0 saturated heterocycles. The van der Waals surface area contributed by atoms with Crippen LogP contribution in [0, 0.1) is 18.7 Å². The predicted octanol–water partition coefficient (Wildman–Crippen LogP) is 2.16. The maximum atomic E-state index is 13.3. The molecule has 1 aliphatic rings. The Hall–Kier alpha value is -1.19. The van der Waals surface area contributed by atoms with E-state index in [-0.39, 0.29) is 24.4 Å². The van der Waals surface area contributed by atoms with Crippen LogP contribution in [-0.2, 0) is 6.54 Å². The van der Waals surface area contributed by atoms with Crippen molar-refractivity contribution in [1.82, 2.24) is 5.32 Å². The maximum absolute atomic E-state index is 13.3. The first-order valence-electron chi connectivity index (χ1n) is 5.96. The zero-order valence-corrected chi connectivity index (χ0v) is 9.99. The Morgan fingerprint density at radius 1 is 1.41 bits per heavy atom. The number of aliphatic hydroxyl groups excluding tert-OH is 1. The van der Waals surface area contributed by atoms with Crippen molar-refractivity contribution >= 4 is 0 Å². The molecule has 2 atom stereocenters. The van der Waals surface area contributed by atoms with Gasteiger partial charge in [0.05, 0.1) is 0 Å². The van der Waals surface area contributed by atoms with Crippen molar-refractivity contribution in [3.8, 4) is 0 Å². The van der Waals surface area contributed by atoms with Crippen LogP contribution in [0.5, 0.6) is 0 Å². The number of hydrogen-bond acceptors (Lipinski definition) is 2. The molecule has 92 valence electrons. The monoisotopic (exact) mass is 235 g/mol. The minimum atomic E-state index is -0.153. The molecule has 0 spiro atoms. The van der Waals surface area contributed by atoms with Crippen molar-refractivity contribution in [2.24, 2.45) is 5.92 Å². The van der Waals surface area contributed by atoms with Crippen LogP contribution in [0.25, 0.3) is 0 Å². The lowest BCUT2D eigenvalue weighted by molar-refractivity contribution is 0.246. The number of nitrogens with one attached hydrogen (secondary N) is 1.